The lowest BCUT2D eigenvalue weighted by molar-refractivity contribution is 0.640. The van der Waals surface area contributed by atoms with Gasteiger partial charge in [0.15, 0.2) is 0 Å². The quantitative estimate of drug-likeness (QED) is 0.720. The van der Waals surface area contributed by atoms with Gasteiger partial charge in [-0.05, 0) is 5.56 Å². The zero-order valence-electron chi connectivity index (χ0n) is 9.73. The van der Waals surface area contributed by atoms with Crippen molar-refractivity contribution in [1.29, 1.82) is 0 Å². The lowest BCUT2D eigenvalue weighted by atomic mass is 10.2. The van der Waals surface area contributed by atoms with E-state index in [1.165, 1.54) is 5.56 Å². The molecule has 0 aliphatic heterocycles. The molecule has 0 atom stereocenters. The lowest BCUT2D eigenvalue weighted by Crippen LogP contribution is -2.01. The van der Waals surface area contributed by atoms with Crippen molar-refractivity contribution < 1.29 is 0 Å². The van der Waals surface area contributed by atoms with Crippen LogP contribution >= 0.6 is 11.3 Å². The van der Waals surface area contributed by atoms with E-state index in [1.54, 1.807) is 22.2 Å². The van der Waals surface area contributed by atoms with E-state index in [2.05, 4.69) is 44.9 Å². The molecule has 0 bridgehead atoms. The molecule has 3 rings (SSSR count). The van der Waals surface area contributed by atoms with E-state index in [0.717, 1.165) is 17.1 Å². The highest BCUT2D eigenvalue weighted by atomic mass is 32.1. The summed E-state index contributed by atoms with van der Waals surface area (Å²) in [5, 5.41) is 10.9. The van der Waals surface area contributed by atoms with Gasteiger partial charge >= 0.3 is 0 Å². The van der Waals surface area contributed by atoms with Gasteiger partial charge in [0.2, 0.25) is 0 Å². The van der Waals surface area contributed by atoms with E-state index in [1.807, 2.05) is 12.3 Å². The first-order chi connectivity index (χ1) is 8.90. The number of thiazole rings is 1. The van der Waals surface area contributed by atoms with Gasteiger partial charge in [-0.1, -0.05) is 35.5 Å². The first-order valence-corrected chi connectivity index (χ1v) is 6.59. The molecular weight excluding hydrogens is 244 g/mol. The van der Waals surface area contributed by atoms with Crippen LogP contribution in [0.1, 0.15) is 16.3 Å². The summed E-state index contributed by atoms with van der Waals surface area (Å²) < 4.78 is 1.78. The van der Waals surface area contributed by atoms with Crippen molar-refractivity contribution in [3.63, 3.8) is 0 Å². The van der Waals surface area contributed by atoms with E-state index < -0.39 is 0 Å². The van der Waals surface area contributed by atoms with Gasteiger partial charge in [0.05, 0.1) is 23.4 Å². The van der Waals surface area contributed by atoms with Crippen LogP contribution in [0.3, 0.4) is 0 Å². The fourth-order valence-electron chi connectivity index (χ4n) is 1.76. The minimum Gasteiger partial charge on any atom is -0.247 e. The van der Waals surface area contributed by atoms with Crippen molar-refractivity contribution in [2.45, 2.75) is 13.0 Å². The molecule has 18 heavy (non-hydrogen) atoms. The van der Waals surface area contributed by atoms with E-state index in [9.17, 15) is 0 Å². The zero-order valence-corrected chi connectivity index (χ0v) is 10.5. The van der Waals surface area contributed by atoms with Crippen LogP contribution < -0.4 is 0 Å². The summed E-state index contributed by atoms with van der Waals surface area (Å²) in [6, 6.07) is 10.4. The fraction of sp³-hybridized carbons (Fsp3) is 0.154. The average molecular weight is 256 g/mol. The molecule has 0 radical (unpaired) electrons. The second-order valence-corrected chi connectivity index (χ2v) is 4.94. The van der Waals surface area contributed by atoms with E-state index in [4.69, 9.17) is 0 Å². The summed E-state index contributed by atoms with van der Waals surface area (Å²) in [5.74, 6) is 0. The zero-order chi connectivity index (χ0) is 12.2. The molecule has 5 heteroatoms. The van der Waals surface area contributed by atoms with Gasteiger partial charge in [0, 0.05) is 18.0 Å². The van der Waals surface area contributed by atoms with Crippen molar-refractivity contribution in [2.24, 2.45) is 0 Å². The largest absolute Gasteiger partial charge is 0.247 e. The van der Waals surface area contributed by atoms with Crippen molar-refractivity contribution in [2.75, 3.05) is 0 Å². The highest BCUT2D eigenvalue weighted by Crippen LogP contribution is 2.15. The van der Waals surface area contributed by atoms with Gasteiger partial charge in [0.1, 0.15) is 0 Å². The number of rotatable bonds is 4. The average Bonchev–Trinajstić information content (AvgIpc) is 3.03. The molecule has 0 aliphatic rings. The molecule has 2 heterocycles. The molecule has 0 aliphatic carbocycles. The summed E-state index contributed by atoms with van der Waals surface area (Å²) in [6.45, 7) is 0.686. The Morgan fingerprint density at radius 2 is 2.06 bits per heavy atom. The third kappa shape index (κ3) is 2.62. The second kappa shape index (κ2) is 5.10. The Hall–Kier alpha value is -2.01. The van der Waals surface area contributed by atoms with Crippen LogP contribution in [0.25, 0.3) is 0 Å². The van der Waals surface area contributed by atoms with Crippen molar-refractivity contribution in [3.8, 4) is 0 Å². The summed E-state index contributed by atoms with van der Waals surface area (Å²) in [6.07, 6.45) is 4.41. The highest BCUT2D eigenvalue weighted by Gasteiger charge is 2.04. The number of benzene rings is 1. The summed E-state index contributed by atoms with van der Waals surface area (Å²) in [4.78, 5) is 4.61. The van der Waals surface area contributed by atoms with Gasteiger partial charge in [-0.25, -0.2) is 9.67 Å². The normalized spacial score (nSPS) is 10.7. The molecule has 1 aromatic carbocycles. The van der Waals surface area contributed by atoms with Crippen molar-refractivity contribution in [1.82, 2.24) is 20.0 Å². The Labute approximate surface area is 109 Å². The smallest absolute Gasteiger partial charge is 0.0973 e. The highest BCUT2D eigenvalue weighted by molar-refractivity contribution is 7.09. The first kappa shape index (κ1) is 11.1. The Balaban J connectivity index is 1.70. The van der Waals surface area contributed by atoms with Crippen LogP contribution in [0.2, 0.25) is 0 Å². The number of hydrogen-bond donors (Lipinski definition) is 0. The Bertz CT molecular complexity index is 601. The predicted octanol–water partition coefficient (Wildman–Crippen LogP) is 2.37. The fourth-order valence-corrected chi connectivity index (χ4v) is 2.58. The molecule has 0 fully saturated rings. The van der Waals surface area contributed by atoms with E-state index >= 15 is 0 Å². The standard InChI is InChI=1S/C13H12N4S/c1-2-4-11(5-3-1)8-13-15-12(10-18-13)9-17-7-6-14-16-17/h1-7,10H,8-9H2. The third-order valence-corrected chi connectivity index (χ3v) is 3.49. The molecule has 0 N–H and O–H groups in total. The Morgan fingerprint density at radius 1 is 1.17 bits per heavy atom. The maximum atomic E-state index is 4.61. The van der Waals surface area contributed by atoms with Crippen molar-refractivity contribution >= 4 is 11.3 Å². The molecule has 0 amide bonds. The Kier molecular flexibility index (Phi) is 3.14. The summed E-state index contributed by atoms with van der Waals surface area (Å²) >= 11 is 1.69. The van der Waals surface area contributed by atoms with E-state index in [-0.39, 0.29) is 0 Å². The second-order valence-electron chi connectivity index (χ2n) is 4.00. The van der Waals surface area contributed by atoms with Gasteiger partial charge < -0.3 is 0 Å². The summed E-state index contributed by atoms with van der Waals surface area (Å²) in [7, 11) is 0. The van der Waals surface area contributed by atoms with Gasteiger partial charge in [-0.2, -0.15) is 0 Å². The predicted molar refractivity (Wildman–Crippen MR) is 70.5 cm³/mol. The maximum absolute atomic E-state index is 4.61. The lowest BCUT2D eigenvalue weighted by Gasteiger charge is -1.97. The number of nitrogens with zero attached hydrogens (tertiary/aromatic N) is 4. The van der Waals surface area contributed by atoms with Crippen LogP contribution in [0.5, 0.6) is 0 Å². The Morgan fingerprint density at radius 3 is 2.83 bits per heavy atom. The third-order valence-electron chi connectivity index (χ3n) is 2.59. The van der Waals surface area contributed by atoms with Gasteiger partial charge in [0.25, 0.3) is 0 Å². The topological polar surface area (TPSA) is 43.6 Å². The minimum absolute atomic E-state index is 0.686. The maximum Gasteiger partial charge on any atom is 0.0973 e. The van der Waals surface area contributed by atoms with Crippen LogP contribution in [0.15, 0.2) is 48.1 Å². The molecule has 3 aromatic rings. The molecule has 90 valence electrons. The molecule has 0 spiro atoms. The first-order valence-electron chi connectivity index (χ1n) is 5.71. The van der Waals surface area contributed by atoms with Gasteiger partial charge in [-0.3, -0.25) is 0 Å². The molecule has 0 saturated heterocycles. The molecule has 0 unspecified atom stereocenters. The number of aromatic nitrogens is 4. The SMILES string of the molecule is c1ccc(Cc2nc(Cn3ccnn3)cs2)cc1. The summed E-state index contributed by atoms with van der Waals surface area (Å²) in [5.41, 5.74) is 2.33. The van der Waals surface area contributed by atoms with Crippen LogP contribution in [0, 0.1) is 0 Å². The molecule has 0 saturated carbocycles. The van der Waals surface area contributed by atoms with E-state index in [0.29, 0.717) is 6.54 Å². The molecular formula is C13H12N4S. The minimum atomic E-state index is 0.686. The number of hydrogen-bond acceptors (Lipinski definition) is 4. The van der Waals surface area contributed by atoms with Crippen LogP contribution in [-0.4, -0.2) is 20.0 Å². The molecule has 2 aromatic heterocycles. The van der Waals surface area contributed by atoms with Crippen LogP contribution in [-0.2, 0) is 13.0 Å². The van der Waals surface area contributed by atoms with Gasteiger partial charge in [-0.15, -0.1) is 16.4 Å². The monoisotopic (exact) mass is 256 g/mol. The van der Waals surface area contributed by atoms with Crippen molar-refractivity contribution in [3.05, 3.63) is 64.4 Å². The van der Waals surface area contributed by atoms with Crippen LogP contribution in [0.4, 0.5) is 0 Å². The molecule has 4 nitrogen and oxygen atoms in total.